The molecule has 3 aromatic carbocycles. The van der Waals surface area contributed by atoms with E-state index < -0.39 is 11.9 Å². The molecule has 0 bridgehead atoms. The Hall–Kier alpha value is -3.80. The van der Waals surface area contributed by atoms with Crippen LogP contribution in [0.5, 0.6) is 11.5 Å². The highest BCUT2D eigenvalue weighted by molar-refractivity contribution is 6.05. The highest BCUT2D eigenvalue weighted by Crippen LogP contribution is 2.44. The monoisotopic (exact) mass is 403 g/mol. The van der Waals surface area contributed by atoms with Crippen LogP contribution >= 0.6 is 0 Å². The minimum atomic E-state index is -0.550. The number of carbonyl (C=O) groups excluding carboxylic acids is 1. The first kappa shape index (κ1) is 18.2. The van der Waals surface area contributed by atoms with Crippen LogP contribution < -0.4 is 9.47 Å². The molecule has 1 atom stereocenters. The first-order valence-electron chi connectivity index (χ1n) is 9.55. The highest BCUT2D eigenvalue weighted by atomic mass is 19.1. The summed E-state index contributed by atoms with van der Waals surface area (Å²) >= 11 is 0. The second-order valence-electron chi connectivity index (χ2n) is 7.20. The molecule has 0 radical (unpaired) electrons. The van der Waals surface area contributed by atoms with Gasteiger partial charge in [-0.2, -0.15) is 0 Å². The zero-order valence-electron chi connectivity index (χ0n) is 15.9. The minimum Gasteiger partial charge on any atom is -0.503 e. The van der Waals surface area contributed by atoms with Crippen LogP contribution in [0.4, 0.5) is 4.39 Å². The predicted molar refractivity (Wildman–Crippen MR) is 108 cm³/mol. The van der Waals surface area contributed by atoms with E-state index in [2.05, 4.69) is 0 Å². The molecule has 0 saturated carbocycles. The normalized spacial score (nSPS) is 17.7. The maximum atomic E-state index is 13.6. The van der Waals surface area contributed by atoms with Crippen LogP contribution in [-0.4, -0.2) is 22.7 Å². The summed E-state index contributed by atoms with van der Waals surface area (Å²) in [4.78, 5) is 14.7. The molecule has 0 aliphatic carbocycles. The maximum Gasteiger partial charge on any atom is 0.290 e. The molecule has 30 heavy (non-hydrogen) atoms. The Labute approximate surface area is 172 Å². The van der Waals surface area contributed by atoms with Crippen molar-refractivity contribution in [1.82, 2.24) is 4.90 Å². The number of rotatable bonds is 4. The van der Waals surface area contributed by atoms with Crippen molar-refractivity contribution in [2.45, 2.75) is 12.6 Å². The molecule has 6 heteroatoms. The molecule has 5 rings (SSSR count). The van der Waals surface area contributed by atoms with E-state index in [1.807, 2.05) is 42.5 Å². The van der Waals surface area contributed by atoms with Gasteiger partial charge in [0.05, 0.1) is 6.04 Å². The molecule has 1 N–H and O–H groups in total. The molecular weight excluding hydrogens is 385 g/mol. The van der Waals surface area contributed by atoms with Gasteiger partial charge in [-0.15, -0.1) is 0 Å². The average molecular weight is 403 g/mol. The Morgan fingerprint density at radius 3 is 2.47 bits per heavy atom. The number of fused-ring (bicyclic) bond motifs is 1. The van der Waals surface area contributed by atoms with Gasteiger partial charge in [-0.05, 0) is 41.0 Å². The third-order valence-corrected chi connectivity index (χ3v) is 5.36. The summed E-state index contributed by atoms with van der Waals surface area (Å²) in [7, 11) is 0. The Morgan fingerprint density at radius 1 is 0.967 bits per heavy atom. The lowest BCUT2D eigenvalue weighted by molar-refractivity contribution is -0.130. The molecule has 1 amide bonds. The van der Waals surface area contributed by atoms with E-state index in [9.17, 15) is 14.3 Å². The molecule has 0 unspecified atom stereocenters. The summed E-state index contributed by atoms with van der Waals surface area (Å²) in [5, 5.41) is 10.8. The Kier molecular flexibility index (Phi) is 4.39. The Morgan fingerprint density at radius 2 is 1.70 bits per heavy atom. The van der Waals surface area contributed by atoms with Gasteiger partial charge in [0.1, 0.15) is 5.82 Å². The first-order chi connectivity index (χ1) is 14.6. The summed E-state index contributed by atoms with van der Waals surface area (Å²) in [6.45, 7) is 0.415. The van der Waals surface area contributed by atoms with Crippen molar-refractivity contribution in [3.63, 3.8) is 0 Å². The molecule has 150 valence electrons. The van der Waals surface area contributed by atoms with Gasteiger partial charge >= 0.3 is 0 Å². The van der Waals surface area contributed by atoms with Crippen LogP contribution in [0.1, 0.15) is 22.7 Å². The fourth-order valence-corrected chi connectivity index (χ4v) is 3.96. The van der Waals surface area contributed by atoms with Crippen molar-refractivity contribution in [1.29, 1.82) is 0 Å². The molecule has 0 saturated heterocycles. The number of aliphatic hydroxyl groups is 1. The minimum absolute atomic E-state index is 0.167. The van der Waals surface area contributed by atoms with E-state index in [4.69, 9.17) is 9.47 Å². The SMILES string of the molecule is O=C1C(O)=C(c2ccccc2)[C@@H](c2ccc(F)cc2)N1Cc1ccc2c(c1)OCO2. The first-order valence-corrected chi connectivity index (χ1v) is 9.55. The fraction of sp³-hybridized carbons (Fsp3) is 0.125. The second-order valence-corrected chi connectivity index (χ2v) is 7.20. The van der Waals surface area contributed by atoms with Crippen molar-refractivity contribution < 1.29 is 23.8 Å². The summed E-state index contributed by atoms with van der Waals surface area (Å²) < 4.78 is 24.3. The number of aliphatic hydroxyl groups excluding tert-OH is 1. The standard InChI is InChI=1S/C24H18FNO4/c25-18-9-7-17(8-10-18)22-21(16-4-2-1-3-5-16)23(27)24(28)26(22)13-15-6-11-19-20(12-15)30-14-29-19/h1-12,22,27H,13-14H2/t22-/m1/s1. The lowest BCUT2D eigenvalue weighted by Crippen LogP contribution is -2.29. The van der Waals surface area contributed by atoms with Gasteiger partial charge in [-0.3, -0.25) is 4.79 Å². The van der Waals surface area contributed by atoms with Gasteiger partial charge < -0.3 is 19.5 Å². The van der Waals surface area contributed by atoms with Crippen molar-refractivity contribution in [3.8, 4) is 11.5 Å². The number of hydrogen-bond acceptors (Lipinski definition) is 4. The fourth-order valence-electron chi connectivity index (χ4n) is 3.96. The van der Waals surface area contributed by atoms with Gasteiger partial charge in [0.15, 0.2) is 17.3 Å². The quantitative estimate of drug-likeness (QED) is 0.691. The van der Waals surface area contributed by atoms with Crippen molar-refractivity contribution >= 4 is 11.5 Å². The summed E-state index contributed by atoms with van der Waals surface area (Å²) in [6.07, 6.45) is 0. The van der Waals surface area contributed by atoms with Gasteiger partial charge in [-0.25, -0.2) is 4.39 Å². The number of halogens is 1. The van der Waals surface area contributed by atoms with Gasteiger partial charge in [0.25, 0.3) is 5.91 Å². The zero-order valence-corrected chi connectivity index (χ0v) is 15.9. The van der Waals surface area contributed by atoms with Crippen molar-refractivity contribution in [2.24, 2.45) is 0 Å². The van der Waals surface area contributed by atoms with Crippen LogP contribution in [0.3, 0.4) is 0 Å². The highest BCUT2D eigenvalue weighted by Gasteiger charge is 2.41. The number of benzene rings is 3. The number of amides is 1. The maximum absolute atomic E-state index is 13.6. The number of carbonyl (C=O) groups is 1. The van der Waals surface area contributed by atoms with E-state index >= 15 is 0 Å². The van der Waals surface area contributed by atoms with E-state index in [-0.39, 0.29) is 24.9 Å². The molecule has 2 aliphatic heterocycles. The van der Waals surface area contributed by atoms with Crippen LogP contribution in [0.25, 0.3) is 5.57 Å². The van der Waals surface area contributed by atoms with Crippen LogP contribution in [0.15, 0.2) is 78.6 Å². The molecule has 0 fully saturated rings. The largest absolute Gasteiger partial charge is 0.503 e. The number of hydrogen-bond donors (Lipinski definition) is 1. The van der Waals surface area contributed by atoms with Gasteiger partial charge in [0, 0.05) is 12.1 Å². The predicted octanol–water partition coefficient (Wildman–Crippen LogP) is 4.61. The third-order valence-electron chi connectivity index (χ3n) is 5.36. The summed E-state index contributed by atoms with van der Waals surface area (Å²) in [5.41, 5.74) is 2.80. The molecule has 0 aromatic heterocycles. The van der Waals surface area contributed by atoms with E-state index in [0.717, 1.165) is 11.1 Å². The van der Waals surface area contributed by atoms with Crippen molar-refractivity contribution in [3.05, 3.63) is 101 Å². The van der Waals surface area contributed by atoms with Crippen molar-refractivity contribution in [2.75, 3.05) is 6.79 Å². The molecule has 3 aromatic rings. The Balaban J connectivity index is 1.57. The molecule has 5 nitrogen and oxygen atoms in total. The Bertz CT molecular complexity index is 1140. The zero-order chi connectivity index (χ0) is 20.7. The van der Waals surface area contributed by atoms with E-state index in [1.165, 1.54) is 12.1 Å². The molecule has 2 heterocycles. The smallest absolute Gasteiger partial charge is 0.290 e. The van der Waals surface area contributed by atoms with E-state index in [1.54, 1.807) is 23.1 Å². The van der Waals surface area contributed by atoms with Gasteiger partial charge in [0.2, 0.25) is 6.79 Å². The lowest BCUT2D eigenvalue weighted by Gasteiger charge is -2.27. The lowest BCUT2D eigenvalue weighted by atomic mass is 9.93. The molecular formula is C24H18FNO4. The summed E-state index contributed by atoms with van der Waals surface area (Å²) in [5.74, 6) is 0.155. The van der Waals surface area contributed by atoms with Crippen LogP contribution in [0, 0.1) is 5.82 Å². The average Bonchev–Trinajstić information content (AvgIpc) is 3.33. The third kappa shape index (κ3) is 3.06. The topological polar surface area (TPSA) is 59.0 Å². The molecule has 2 aliphatic rings. The second kappa shape index (κ2) is 7.22. The van der Waals surface area contributed by atoms with Crippen LogP contribution in [-0.2, 0) is 11.3 Å². The molecule has 0 spiro atoms. The van der Waals surface area contributed by atoms with Crippen LogP contribution in [0.2, 0.25) is 0 Å². The van der Waals surface area contributed by atoms with E-state index in [0.29, 0.717) is 22.6 Å². The number of ether oxygens (including phenoxy) is 2. The summed E-state index contributed by atoms with van der Waals surface area (Å²) in [6, 6.07) is 20.2. The van der Waals surface area contributed by atoms with Gasteiger partial charge in [-0.1, -0.05) is 48.5 Å². The number of nitrogens with zero attached hydrogens (tertiary/aromatic N) is 1.